The quantitative estimate of drug-likeness (QED) is 0.908. The summed E-state index contributed by atoms with van der Waals surface area (Å²) in [7, 11) is -3.64. The smallest absolute Gasteiger partial charge is 0.240 e. The number of halogens is 1. The van der Waals surface area contributed by atoms with Crippen LogP contribution in [0, 0.1) is 33.5 Å². The number of aromatic nitrogens is 1. The van der Waals surface area contributed by atoms with Crippen molar-refractivity contribution >= 4 is 21.4 Å². The molecule has 0 fully saturated rings. The molecule has 1 N–H and O–H groups in total. The van der Waals surface area contributed by atoms with Crippen LogP contribution in [0.2, 0.25) is 0 Å². The minimum atomic E-state index is -3.64. The van der Waals surface area contributed by atoms with E-state index in [1.54, 1.807) is 25.2 Å². The summed E-state index contributed by atoms with van der Waals surface area (Å²) in [5.41, 5.74) is 1.63. The Balaban J connectivity index is 2.08. The maximum atomic E-state index is 13.6. The summed E-state index contributed by atoms with van der Waals surface area (Å²) in [6.07, 6.45) is 0.539. The van der Waals surface area contributed by atoms with Gasteiger partial charge in [-0.3, -0.25) is 0 Å². The number of thiazole rings is 1. The van der Waals surface area contributed by atoms with Gasteiger partial charge in [0.25, 0.3) is 0 Å². The summed E-state index contributed by atoms with van der Waals surface area (Å²) < 4.78 is 40.7. The van der Waals surface area contributed by atoms with Crippen LogP contribution in [0.5, 0.6) is 0 Å². The Labute approximate surface area is 134 Å². The molecule has 0 radical (unpaired) electrons. The minimum absolute atomic E-state index is 0.0930. The molecule has 22 heavy (non-hydrogen) atoms. The lowest BCUT2D eigenvalue weighted by atomic mass is 10.1. The van der Waals surface area contributed by atoms with Crippen molar-refractivity contribution in [2.45, 2.75) is 39.0 Å². The second-order valence-corrected chi connectivity index (χ2v) is 8.32. The largest absolute Gasteiger partial charge is 0.246 e. The van der Waals surface area contributed by atoms with Gasteiger partial charge in [-0.25, -0.2) is 22.5 Å². The zero-order valence-corrected chi connectivity index (χ0v) is 14.7. The molecule has 0 aliphatic carbocycles. The van der Waals surface area contributed by atoms with Gasteiger partial charge in [0.2, 0.25) is 10.0 Å². The van der Waals surface area contributed by atoms with E-state index in [0.717, 1.165) is 15.6 Å². The van der Waals surface area contributed by atoms with Crippen molar-refractivity contribution in [1.82, 2.24) is 9.71 Å². The number of hydrogen-bond donors (Lipinski definition) is 1. The standard InChI is InChI=1S/C15H19FN2O2S2/c1-9-7-13(8-10(2)15(9)16)22(19,20)17-6-5-14-18-11(3)12(4)21-14/h7-8,17H,5-6H2,1-4H3. The Morgan fingerprint density at radius 1 is 1.18 bits per heavy atom. The van der Waals surface area contributed by atoms with Crippen LogP contribution in [0.1, 0.15) is 26.7 Å². The van der Waals surface area contributed by atoms with E-state index in [-0.39, 0.29) is 17.3 Å². The summed E-state index contributed by atoms with van der Waals surface area (Å²) in [5.74, 6) is -0.368. The summed E-state index contributed by atoms with van der Waals surface area (Å²) in [5, 5.41) is 0.907. The van der Waals surface area contributed by atoms with E-state index in [0.29, 0.717) is 17.5 Å². The molecule has 0 unspecified atom stereocenters. The van der Waals surface area contributed by atoms with Crippen molar-refractivity contribution < 1.29 is 12.8 Å². The molecule has 0 amide bonds. The van der Waals surface area contributed by atoms with Gasteiger partial charge in [-0.05, 0) is 51.0 Å². The minimum Gasteiger partial charge on any atom is -0.246 e. The SMILES string of the molecule is Cc1cc(S(=O)(=O)NCCc2nc(C)c(C)s2)cc(C)c1F. The van der Waals surface area contributed by atoms with Crippen LogP contribution >= 0.6 is 11.3 Å². The highest BCUT2D eigenvalue weighted by molar-refractivity contribution is 7.89. The normalized spacial score (nSPS) is 11.9. The van der Waals surface area contributed by atoms with Crippen molar-refractivity contribution in [2.75, 3.05) is 6.54 Å². The molecule has 0 aliphatic heterocycles. The number of benzene rings is 1. The lowest BCUT2D eigenvalue weighted by Gasteiger charge is -2.09. The highest BCUT2D eigenvalue weighted by atomic mass is 32.2. The zero-order chi connectivity index (χ0) is 16.5. The first kappa shape index (κ1) is 17.1. The van der Waals surface area contributed by atoms with Crippen LogP contribution in [-0.4, -0.2) is 19.9 Å². The van der Waals surface area contributed by atoms with Crippen LogP contribution < -0.4 is 4.72 Å². The van der Waals surface area contributed by atoms with Gasteiger partial charge in [-0.2, -0.15) is 0 Å². The fourth-order valence-corrected chi connectivity index (χ4v) is 4.22. The number of sulfonamides is 1. The van der Waals surface area contributed by atoms with Gasteiger partial charge in [0.1, 0.15) is 5.82 Å². The van der Waals surface area contributed by atoms with Crippen molar-refractivity contribution in [3.8, 4) is 0 Å². The molecule has 1 aromatic carbocycles. The summed E-state index contributed by atoms with van der Waals surface area (Å²) in [4.78, 5) is 5.61. The molecule has 0 saturated heterocycles. The van der Waals surface area contributed by atoms with E-state index in [1.165, 1.54) is 12.1 Å². The topological polar surface area (TPSA) is 59.1 Å². The van der Waals surface area contributed by atoms with Gasteiger partial charge in [0, 0.05) is 17.8 Å². The van der Waals surface area contributed by atoms with Crippen molar-refractivity contribution in [1.29, 1.82) is 0 Å². The number of hydrogen-bond acceptors (Lipinski definition) is 4. The monoisotopic (exact) mass is 342 g/mol. The summed E-state index contributed by atoms with van der Waals surface area (Å²) in [6.45, 7) is 7.31. The van der Waals surface area contributed by atoms with Gasteiger partial charge in [0.15, 0.2) is 0 Å². The van der Waals surface area contributed by atoms with E-state index in [4.69, 9.17) is 0 Å². The second kappa shape index (κ2) is 6.44. The average Bonchev–Trinajstić information content (AvgIpc) is 2.74. The number of nitrogens with zero attached hydrogens (tertiary/aromatic N) is 1. The first-order chi connectivity index (χ1) is 10.2. The van der Waals surface area contributed by atoms with Gasteiger partial charge < -0.3 is 0 Å². The molecular weight excluding hydrogens is 323 g/mol. The molecule has 1 aromatic heterocycles. The molecule has 1 heterocycles. The number of nitrogens with one attached hydrogen (secondary N) is 1. The molecule has 0 aliphatic rings. The molecule has 0 spiro atoms. The lowest BCUT2D eigenvalue weighted by Crippen LogP contribution is -2.26. The van der Waals surface area contributed by atoms with Crippen LogP contribution in [-0.2, 0) is 16.4 Å². The molecule has 0 atom stereocenters. The molecule has 2 rings (SSSR count). The van der Waals surface area contributed by atoms with Gasteiger partial charge >= 0.3 is 0 Å². The summed E-state index contributed by atoms with van der Waals surface area (Å²) in [6, 6.07) is 2.70. The number of aryl methyl sites for hydroxylation is 4. The summed E-state index contributed by atoms with van der Waals surface area (Å²) >= 11 is 1.57. The first-order valence-electron chi connectivity index (χ1n) is 6.90. The molecule has 0 saturated carbocycles. The molecule has 2 aromatic rings. The maximum Gasteiger partial charge on any atom is 0.240 e. The predicted molar refractivity (Wildman–Crippen MR) is 86.4 cm³/mol. The average molecular weight is 342 g/mol. The highest BCUT2D eigenvalue weighted by Crippen LogP contribution is 2.19. The lowest BCUT2D eigenvalue weighted by molar-refractivity contribution is 0.579. The Bertz CT molecular complexity index is 755. The number of rotatable bonds is 5. The van der Waals surface area contributed by atoms with E-state index in [2.05, 4.69) is 9.71 Å². The molecule has 7 heteroatoms. The Kier molecular flexibility index (Phi) is 4.99. The van der Waals surface area contributed by atoms with E-state index >= 15 is 0 Å². The third-order valence-electron chi connectivity index (χ3n) is 3.42. The third kappa shape index (κ3) is 3.71. The molecule has 120 valence electrons. The van der Waals surface area contributed by atoms with Crippen LogP contribution in [0.3, 0.4) is 0 Å². The predicted octanol–water partition coefficient (Wildman–Crippen LogP) is 3.04. The second-order valence-electron chi connectivity index (χ2n) is 5.27. The maximum absolute atomic E-state index is 13.6. The molecular formula is C15H19FN2O2S2. The van der Waals surface area contributed by atoms with Gasteiger partial charge in [-0.15, -0.1) is 11.3 Å². The van der Waals surface area contributed by atoms with Crippen molar-refractivity contribution in [3.05, 3.63) is 44.7 Å². The van der Waals surface area contributed by atoms with Gasteiger partial charge in [0.05, 0.1) is 15.6 Å². The van der Waals surface area contributed by atoms with Gasteiger partial charge in [-0.1, -0.05) is 0 Å². The molecule has 4 nitrogen and oxygen atoms in total. The Hall–Kier alpha value is -1.31. The van der Waals surface area contributed by atoms with Crippen molar-refractivity contribution in [2.24, 2.45) is 0 Å². The highest BCUT2D eigenvalue weighted by Gasteiger charge is 2.17. The van der Waals surface area contributed by atoms with Crippen molar-refractivity contribution in [3.63, 3.8) is 0 Å². The van der Waals surface area contributed by atoms with Crippen LogP contribution in [0.25, 0.3) is 0 Å². The Morgan fingerprint density at radius 3 is 2.27 bits per heavy atom. The van der Waals surface area contributed by atoms with Crippen LogP contribution in [0.4, 0.5) is 4.39 Å². The van der Waals surface area contributed by atoms with E-state index in [9.17, 15) is 12.8 Å². The Morgan fingerprint density at radius 2 is 1.77 bits per heavy atom. The third-order valence-corrected chi connectivity index (χ3v) is 6.00. The fraction of sp³-hybridized carbons (Fsp3) is 0.400. The first-order valence-corrected chi connectivity index (χ1v) is 9.20. The van der Waals surface area contributed by atoms with Crippen LogP contribution in [0.15, 0.2) is 17.0 Å². The van der Waals surface area contributed by atoms with E-state index < -0.39 is 10.0 Å². The van der Waals surface area contributed by atoms with E-state index in [1.807, 2.05) is 13.8 Å². The molecule has 0 bridgehead atoms. The zero-order valence-electron chi connectivity index (χ0n) is 13.0. The fourth-order valence-electron chi connectivity index (χ4n) is 2.08.